The van der Waals surface area contributed by atoms with Crippen LogP contribution in [0, 0.1) is 41.9 Å². The quantitative estimate of drug-likeness (QED) is 0.479. The van der Waals surface area contributed by atoms with E-state index in [0.29, 0.717) is 0 Å². The van der Waals surface area contributed by atoms with Crippen LogP contribution in [0.25, 0.3) is 0 Å². The molecule has 0 nitrogen and oxygen atoms in total. The molecule has 6 unspecified atom stereocenters. The second-order valence-electron chi connectivity index (χ2n) is 5.01. The van der Waals surface area contributed by atoms with Gasteiger partial charge in [-0.15, -0.1) is 0 Å². The summed E-state index contributed by atoms with van der Waals surface area (Å²) in [4.78, 5) is 0. The zero-order chi connectivity index (χ0) is 8.29. The average Bonchev–Trinajstić information content (AvgIpc) is 2.64. The number of fused-ring (bicyclic) bond motifs is 5. The van der Waals surface area contributed by atoms with Crippen molar-refractivity contribution in [2.45, 2.75) is 20.3 Å². The lowest BCUT2D eigenvalue weighted by atomic mass is 9.80. The molecule has 0 aromatic heterocycles. The molecular formula is C12H17. The molecule has 0 N–H and O–H groups in total. The molecule has 2 fully saturated rings. The van der Waals surface area contributed by atoms with Crippen molar-refractivity contribution in [3.8, 4) is 0 Å². The summed E-state index contributed by atoms with van der Waals surface area (Å²) in [5.41, 5.74) is 0. The van der Waals surface area contributed by atoms with Gasteiger partial charge in [-0.1, -0.05) is 26.0 Å². The summed E-state index contributed by atoms with van der Waals surface area (Å²) in [7, 11) is 0. The molecule has 3 aliphatic carbocycles. The minimum atomic E-state index is 0.880. The molecule has 6 atom stereocenters. The lowest BCUT2D eigenvalue weighted by Gasteiger charge is -2.25. The molecule has 0 aromatic carbocycles. The Morgan fingerprint density at radius 1 is 0.917 bits per heavy atom. The van der Waals surface area contributed by atoms with Gasteiger partial charge in [-0.2, -0.15) is 0 Å². The molecule has 0 saturated heterocycles. The Labute approximate surface area is 75.0 Å². The van der Waals surface area contributed by atoms with Crippen LogP contribution >= 0.6 is 0 Å². The smallest absolute Gasteiger partial charge is 0.0194 e. The van der Waals surface area contributed by atoms with E-state index in [1.54, 1.807) is 0 Å². The highest BCUT2D eigenvalue weighted by atomic mass is 14.6. The third-order valence-electron chi connectivity index (χ3n) is 4.40. The minimum absolute atomic E-state index is 0.880. The molecule has 0 aromatic rings. The topological polar surface area (TPSA) is 0 Å². The van der Waals surface area contributed by atoms with Crippen molar-refractivity contribution in [2.24, 2.45) is 35.5 Å². The van der Waals surface area contributed by atoms with E-state index in [1.807, 2.05) is 0 Å². The van der Waals surface area contributed by atoms with Gasteiger partial charge >= 0.3 is 0 Å². The van der Waals surface area contributed by atoms with Crippen molar-refractivity contribution >= 4 is 0 Å². The summed E-state index contributed by atoms with van der Waals surface area (Å²) >= 11 is 0. The van der Waals surface area contributed by atoms with Gasteiger partial charge in [0, 0.05) is 0 Å². The van der Waals surface area contributed by atoms with Crippen LogP contribution in [-0.2, 0) is 0 Å². The van der Waals surface area contributed by atoms with E-state index in [1.165, 1.54) is 6.42 Å². The fourth-order valence-electron chi connectivity index (χ4n) is 4.11. The minimum Gasteiger partial charge on any atom is -0.0848 e. The van der Waals surface area contributed by atoms with Crippen molar-refractivity contribution in [1.29, 1.82) is 0 Å². The first-order valence-electron chi connectivity index (χ1n) is 5.30. The van der Waals surface area contributed by atoms with Crippen LogP contribution in [0.2, 0.25) is 0 Å². The van der Waals surface area contributed by atoms with Gasteiger partial charge in [0.15, 0.2) is 0 Å². The molecule has 2 bridgehead atoms. The maximum Gasteiger partial charge on any atom is -0.0194 e. The van der Waals surface area contributed by atoms with Gasteiger partial charge in [-0.05, 0) is 48.3 Å². The predicted octanol–water partition coefficient (Wildman–Crippen LogP) is 2.91. The Kier molecular flexibility index (Phi) is 1.29. The van der Waals surface area contributed by atoms with E-state index in [0.717, 1.165) is 35.5 Å². The first-order chi connectivity index (χ1) is 5.77. The molecule has 3 aliphatic rings. The van der Waals surface area contributed by atoms with Gasteiger partial charge in [-0.3, -0.25) is 0 Å². The summed E-state index contributed by atoms with van der Waals surface area (Å²) in [5.74, 6) is 5.66. The number of hydrogen-bond donors (Lipinski definition) is 0. The zero-order valence-corrected chi connectivity index (χ0v) is 7.90. The van der Waals surface area contributed by atoms with Crippen LogP contribution in [-0.4, -0.2) is 0 Å². The summed E-state index contributed by atoms with van der Waals surface area (Å²) in [6.07, 6.45) is 9.02. The zero-order valence-electron chi connectivity index (χ0n) is 7.90. The van der Waals surface area contributed by atoms with Crippen molar-refractivity contribution in [3.05, 3.63) is 18.6 Å². The third kappa shape index (κ3) is 0.694. The van der Waals surface area contributed by atoms with E-state index in [2.05, 4.69) is 32.4 Å². The monoisotopic (exact) mass is 161 g/mol. The number of rotatable bonds is 0. The molecule has 0 heteroatoms. The summed E-state index contributed by atoms with van der Waals surface area (Å²) in [6, 6.07) is 0. The normalized spacial score (nSPS) is 61.2. The Balaban J connectivity index is 1.98. The first-order valence-corrected chi connectivity index (χ1v) is 5.30. The van der Waals surface area contributed by atoms with Crippen LogP contribution in [0.4, 0.5) is 0 Å². The van der Waals surface area contributed by atoms with Crippen molar-refractivity contribution in [1.82, 2.24) is 0 Å². The fraction of sp³-hybridized carbons (Fsp3) is 0.750. The van der Waals surface area contributed by atoms with E-state index in [-0.39, 0.29) is 0 Å². The Morgan fingerprint density at radius 3 is 1.92 bits per heavy atom. The molecule has 3 rings (SSSR count). The van der Waals surface area contributed by atoms with Gasteiger partial charge in [-0.25, -0.2) is 0 Å². The first kappa shape index (κ1) is 7.17. The highest BCUT2D eigenvalue weighted by Crippen LogP contribution is 2.59. The van der Waals surface area contributed by atoms with E-state index in [9.17, 15) is 0 Å². The van der Waals surface area contributed by atoms with Gasteiger partial charge in [0.05, 0.1) is 0 Å². The molecule has 65 valence electrons. The summed E-state index contributed by atoms with van der Waals surface area (Å²) in [6.45, 7) is 4.82. The Morgan fingerprint density at radius 2 is 1.42 bits per heavy atom. The lowest BCUT2D eigenvalue weighted by molar-refractivity contribution is 0.279. The lowest BCUT2D eigenvalue weighted by Crippen LogP contribution is -2.19. The largest absolute Gasteiger partial charge is 0.0848 e. The highest BCUT2D eigenvalue weighted by molar-refractivity contribution is 5.20. The van der Waals surface area contributed by atoms with Crippen molar-refractivity contribution < 1.29 is 0 Å². The molecule has 12 heavy (non-hydrogen) atoms. The van der Waals surface area contributed by atoms with E-state index >= 15 is 0 Å². The average molecular weight is 161 g/mol. The van der Waals surface area contributed by atoms with Gasteiger partial charge in [0.2, 0.25) is 0 Å². The van der Waals surface area contributed by atoms with Gasteiger partial charge in [0.25, 0.3) is 0 Å². The second-order valence-corrected chi connectivity index (χ2v) is 5.01. The Bertz CT molecular complexity index is 206. The maximum absolute atomic E-state index is 2.58. The Hall–Kier alpha value is -0.260. The molecule has 0 spiro atoms. The standard InChI is InChI=1S/C12H17/c1-7-5-8(2)12-10-4-3-9(6-10)11(7)12/h3-5,7-12H,6H2,1-2H3. The third-order valence-corrected chi connectivity index (χ3v) is 4.40. The van der Waals surface area contributed by atoms with Crippen LogP contribution in [0.15, 0.2) is 12.2 Å². The van der Waals surface area contributed by atoms with Crippen LogP contribution in [0.5, 0.6) is 0 Å². The summed E-state index contributed by atoms with van der Waals surface area (Å²) < 4.78 is 0. The molecule has 2 saturated carbocycles. The van der Waals surface area contributed by atoms with Crippen LogP contribution < -0.4 is 0 Å². The van der Waals surface area contributed by atoms with Crippen LogP contribution in [0.1, 0.15) is 20.3 Å². The second kappa shape index (κ2) is 2.16. The van der Waals surface area contributed by atoms with Gasteiger partial charge in [0.1, 0.15) is 0 Å². The molecule has 0 amide bonds. The molecule has 0 aliphatic heterocycles. The molecule has 1 radical (unpaired) electrons. The number of hydrogen-bond acceptors (Lipinski definition) is 0. The van der Waals surface area contributed by atoms with Crippen LogP contribution in [0.3, 0.4) is 0 Å². The van der Waals surface area contributed by atoms with Crippen molar-refractivity contribution in [3.63, 3.8) is 0 Å². The fourth-order valence-corrected chi connectivity index (χ4v) is 4.11. The molecular weight excluding hydrogens is 144 g/mol. The number of allylic oxidation sites excluding steroid dienone is 2. The molecule has 0 heterocycles. The predicted molar refractivity (Wildman–Crippen MR) is 50.3 cm³/mol. The van der Waals surface area contributed by atoms with E-state index < -0.39 is 0 Å². The van der Waals surface area contributed by atoms with Gasteiger partial charge < -0.3 is 0 Å². The highest BCUT2D eigenvalue weighted by Gasteiger charge is 2.52. The maximum atomic E-state index is 2.58. The van der Waals surface area contributed by atoms with Crippen molar-refractivity contribution in [2.75, 3.05) is 0 Å². The summed E-state index contributed by atoms with van der Waals surface area (Å²) in [5, 5.41) is 0. The SMILES string of the molecule is CC1[CH]C(C)C2C3C=CC(C3)C12. The van der Waals surface area contributed by atoms with E-state index in [4.69, 9.17) is 0 Å².